The lowest BCUT2D eigenvalue weighted by Crippen LogP contribution is -2.38. The van der Waals surface area contributed by atoms with Crippen molar-refractivity contribution in [3.8, 4) is 0 Å². The van der Waals surface area contributed by atoms with Crippen LogP contribution in [-0.4, -0.2) is 27.9 Å². The fraction of sp³-hybridized carbons (Fsp3) is 0.467. The van der Waals surface area contributed by atoms with Crippen LogP contribution < -0.4 is 10.6 Å². The molecule has 2 heterocycles. The third kappa shape index (κ3) is 4.09. The SMILES string of the molecule is CCNC(=NCc1cn2c(C)cccc2n1)NC1CC1.I. The average molecular weight is 399 g/mol. The van der Waals surface area contributed by atoms with Gasteiger partial charge in [0, 0.05) is 24.5 Å². The second-order valence-electron chi connectivity index (χ2n) is 5.24. The molecule has 0 unspecified atom stereocenters. The number of hydrogen-bond acceptors (Lipinski definition) is 2. The average Bonchev–Trinajstić information content (AvgIpc) is 3.14. The third-order valence-corrected chi connectivity index (χ3v) is 3.41. The Morgan fingerprint density at radius 1 is 1.43 bits per heavy atom. The molecule has 2 aromatic heterocycles. The molecule has 0 aromatic carbocycles. The normalized spacial score (nSPS) is 14.9. The molecule has 1 aliphatic carbocycles. The molecule has 2 aromatic rings. The lowest BCUT2D eigenvalue weighted by Gasteiger charge is -2.09. The predicted octanol–water partition coefficient (Wildman–Crippen LogP) is 2.48. The van der Waals surface area contributed by atoms with Crippen molar-refractivity contribution in [1.29, 1.82) is 0 Å². The number of fused-ring (bicyclic) bond motifs is 1. The van der Waals surface area contributed by atoms with E-state index in [0.29, 0.717) is 12.6 Å². The molecule has 1 aliphatic rings. The summed E-state index contributed by atoms with van der Waals surface area (Å²) in [5.41, 5.74) is 3.16. The second-order valence-corrected chi connectivity index (χ2v) is 5.24. The summed E-state index contributed by atoms with van der Waals surface area (Å²) >= 11 is 0. The van der Waals surface area contributed by atoms with E-state index in [0.717, 1.165) is 23.8 Å². The molecule has 0 amide bonds. The van der Waals surface area contributed by atoms with Crippen LogP contribution in [0.1, 0.15) is 31.2 Å². The van der Waals surface area contributed by atoms with Gasteiger partial charge >= 0.3 is 0 Å². The van der Waals surface area contributed by atoms with Gasteiger partial charge in [0.25, 0.3) is 0 Å². The van der Waals surface area contributed by atoms with Crippen LogP contribution in [0.4, 0.5) is 0 Å². The van der Waals surface area contributed by atoms with E-state index in [2.05, 4.69) is 51.1 Å². The monoisotopic (exact) mass is 399 g/mol. The number of hydrogen-bond donors (Lipinski definition) is 2. The summed E-state index contributed by atoms with van der Waals surface area (Å²) in [6.45, 7) is 5.64. The molecule has 5 nitrogen and oxygen atoms in total. The van der Waals surface area contributed by atoms with Gasteiger partial charge in [-0.15, -0.1) is 24.0 Å². The maximum atomic E-state index is 4.61. The summed E-state index contributed by atoms with van der Waals surface area (Å²) in [7, 11) is 0. The van der Waals surface area contributed by atoms with Crippen LogP contribution in [0.5, 0.6) is 0 Å². The number of imidazole rings is 1. The summed E-state index contributed by atoms with van der Waals surface area (Å²) < 4.78 is 2.10. The van der Waals surface area contributed by atoms with E-state index in [4.69, 9.17) is 0 Å². The predicted molar refractivity (Wildman–Crippen MR) is 96.3 cm³/mol. The minimum Gasteiger partial charge on any atom is -0.357 e. The number of pyridine rings is 1. The highest BCUT2D eigenvalue weighted by molar-refractivity contribution is 14.0. The van der Waals surface area contributed by atoms with Crippen molar-refractivity contribution in [1.82, 2.24) is 20.0 Å². The van der Waals surface area contributed by atoms with E-state index in [1.54, 1.807) is 0 Å². The molecule has 1 fully saturated rings. The Morgan fingerprint density at radius 3 is 2.90 bits per heavy atom. The molecule has 1 saturated carbocycles. The van der Waals surface area contributed by atoms with Crippen molar-refractivity contribution in [3.63, 3.8) is 0 Å². The van der Waals surface area contributed by atoms with Crippen molar-refractivity contribution < 1.29 is 0 Å². The summed E-state index contributed by atoms with van der Waals surface area (Å²) in [5, 5.41) is 6.69. The first-order valence-electron chi connectivity index (χ1n) is 7.24. The Bertz CT molecular complexity index is 630. The van der Waals surface area contributed by atoms with E-state index in [1.165, 1.54) is 18.5 Å². The Kier molecular flexibility index (Phi) is 5.44. The van der Waals surface area contributed by atoms with Crippen LogP contribution in [0.15, 0.2) is 29.4 Å². The highest BCUT2D eigenvalue weighted by atomic mass is 127. The molecular formula is C15H22IN5. The molecule has 0 bridgehead atoms. The van der Waals surface area contributed by atoms with Gasteiger partial charge in [-0.2, -0.15) is 0 Å². The number of rotatable bonds is 4. The first-order valence-corrected chi connectivity index (χ1v) is 7.24. The van der Waals surface area contributed by atoms with Crippen molar-refractivity contribution >= 4 is 35.6 Å². The molecule has 0 aliphatic heterocycles. The number of guanidine groups is 1. The van der Waals surface area contributed by atoms with E-state index < -0.39 is 0 Å². The Labute approximate surface area is 142 Å². The maximum absolute atomic E-state index is 4.61. The van der Waals surface area contributed by atoms with Crippen LogP contribution >= 0.6 is 24.0 Å². The van der Waals surface area contributed by atoms with Gasteiger partial charge in [-0.05, 0) is 38.8 Å². The zero-order valence-electron chi connectivity index (χ0n) is 12.5. The van der Waals surface area contributed by atoms with Crippen molar-refractivity contribution in [2.24, 2.45) is 4.99 Å². The van der Waals surface area contributed by atoms with Crippen LogP contribution in [-0.2, 0) is 6.54 Å². The van der Waals surface area contributed by atoms with Crippen molar-refractivity contribution in [3.05, 3.63) is 35.8 Å². The standard InChI is InChI=1S/C15H21N5.HI/c1-3-16-15(19-12-7-8-12)17-9-13-10-20-11(2)5-4-6-14(20)18-13;/h4-6,10,12H,3,7-9H2,1-2H3,(H2,16,17,19);1H. The molecule has 0 saturated heterocycles. The largest absolute Gasteiger partial charge is 0.357 e. The molecule has 114 valence electrons. The van der Waals surface area contributed by atoms with Crippen LogP contribution in [0, 0.1) is 6.92 Å². The zero-order chi connectivity index (χ0) is 13.9. The summed E-state index contributed by atoms with van der Waals surface area (Å²) in [6, 6.07) is 6.74. The molecule has 0 atom stereocenters. The molecule has 21 heavy (non-hydrogen) atoms. The molecule has 0 radical (unpaired) electrons. The second kappa shape index (κ2) is 7.11. The fourth-order valence-electron chi connectivity index (χ4n) is 2.18. The number of aryl methyl sites for hydroxylation is 1. The van der Waals surface area contributed by atoms with Gasteiger partial charge in [0.2, 0.25) is 0 Å². The third-order valence-electron chi connectivity index (χ3n) is 3.41. The van der Waals surface area contributed by atoms with Crippen LogP contribution in [0.25, 0.3) is 5.65 Å². The number of aromatic nitrogens is 2. The van der Waals surface area contributed by atoms with Gasteiger partial charge in [0.15, 0.2) is 5.96 Å². The van der Waals surface area contributed by atoms with E-state index in [9.17, 15) is 0 Å². The van der Waals surface area contributed by atoms with E-state index >= 15 is 0 Å². The Morgan fingerprint density at radius 2 is 2.24 bits per heavy atom. The minimum absolute atomic E-state index is 0. The van der Waals surface area contributed by atoms with Gasteiger partial charge in [-0.1, -0.05) is 6.07 Å². The van der Waals surface area contributed by atoms with Gasteiger partial charge < -0.3 is 15.0 Å². The number of halogens is 1. The molecule has 2 N–H and O–H groups in total. The lowest BCUT2D eigenvalue weighted by molar-refractivity contribution is 0.809. The highest BCUT2D eigenvalue weighted by Crippen LogP contribution is 2.18. The highest BCUT2D eigenvalue weighted by Gasteiger charge is 2.22. The zero-order valence-corrected chi connectivity index (χ0v) is 14.8. The topological polar surface area (TPSA) is 53.7 Å². The lowest BCUT2D eigenvalue weighted by atomic mass is 10.4. The van der Waals surface area contributed by atoms with Crippen LogP contribution in [0.2, 0.25) is 0 Å². The molecule has 0 spiro atoms. The van der Waals surface area contributed by atoms with Crippen LogP contribution in [0.3, 0.4) is 0 Å². The first kappa shape index (κ1) is 16.1. The smallest absolute Gasteiger partial charge is 0.191 e. The molecule has 3 rings (SSSR count). The Balaban J connectivity index is 0.00000161. The maximum Gasteiger partial charge on any atom is 0.191 e. The van der Waals surface area contributed by atoms with Crippen molar-refractivity contribution in [2.45, 2.75) is 39.3 Å². The van der Waals surface area contributed by atoms with E-state index in [-0.39, 0.29) is 24.0 Å². The number of nitrogens with zero attached hydrogens (tertiary/aromatic N) is 3. The van der Waals surface area contributed by atoms with Gasteiger partial charge in [-0.3, -0.25) is 0 Å². The van der Waals surface area contributed by atoms with Gasteiger partial charge in [-0.25, -0.2) is 9.98 Å². The molecular weight excluding hydrogens is 377 g/mol. The summed E-state index contributed by atoms with van der Waals surface area (Å²) in [4.78, 5) is 9.21. The van der Waals surface area contributed by atoms with Gasteiger partial charge in [0.1, 0.15) is 5.65 Å². The molecule has 6 heteroatoms. The summed E-state index contributed by atoms with van der Waals surface area (Å²) in [6.07, 6.45) is 4.56. The fourth-order valence-corrected chi connectivity index (χ4v) is 2.18. The Hall–Kier alpha value is -1.31. The van der Waals surface area contributed by atoms with Gasteiger partial charge in [0.05, 0.1) is 12.2 Å². The number of aliphatic imine (C=N–C) groups is 1. The number of nitrogens with one attached hydrogen (secondary N) is 2. The minimum atomic E-state index is 0. The first-order chi connectivity index (χ1) is 9.76. The van der Waals surface area contributed by atoms with Crippen molar-refractivity contribution in [2.75, 3.05) is 6.54 Å². The summed E-state index contributed by atoms with van der Waals surface area (Å²) in [5.74, 6) is 0.892. The van der Waals surface area contributed by atoms with E-state index in [1.807, 2.05) is 12.1 Å². The quantitative estimate of drug-likeness (QED) is 0.472.